The first-order valence-corrected chi connectivity index (χ1v) is 13.5. The normalized spacial score (nSPS) is 11.8. The van der Waals surface area contributed by atoms with Crippen molar-refractivity contribution in [1.82, 2.24) is 0 Å². The van der Waals surface area contributed by atoms with Gasteiger partial charge in [0.2, 0.25) is 0 Å². The van der Waals surface area contributed by atoms with E-state index in [2.05, 4.69) is 133 Å². The first-order valence-electron chi connectivity index (χ1n) is 12.7. The molecule has 1 heterocycles. The molecule has 0 saturated carbocycles. The standard InChI is InChI=1S/C36H22S/c1-2-9-23(10-3-1)24-17-20-32-33-16-8-15-26(36(33)37-35(32)22-24)25-18-19-31-29-13-5-4-11-27(29)28-12-6-7-14-30(28)34(31)21-25/h1-22H. The maximum absolute atomic E-state index is 2.40. The minimum atomic E-state index is 1.26. The van der Waals surface area contributed by atoms with Gasteiger partial charge in [0.05, 0.1) is 0 Å². The lowest BCUT2D eigenvalue weighted by Gasteiger charge is -2.12. The van der Waals surface area contributed by atoms with Crippen LogP contribution in [0, 0.1) is 0 Å². The molecule has 172 valence electrons. The van der Waals surface area contributed by atoms with E-state index < -0.39 is 0 Å². The van der Waals surface area contributed by atoms with E-state index in [1.165, 1.54) is 74.7 Å². The molecule has 37 heavy (non-hydrogen) atoms. The Balaban J connectivity index is 1.38. The Morgan fingerprint density at radius 1 is 0.324 bits per heavy atom. The first kappa shape index (κ1) is 20.7. The summed E-state index contributed by atoms with van der Waals surface area (Å²) in [7, 11) is 0. The largest absolute Gasteiger partial charge is 0.135 e. The van der Waals surface area contributed by atoms with Gasteiger partial charge < -0.3 is 0 Å². The van der Waals surface area contributed by atoms with E-state index in [0.29, 0.717) is 0 Å². The van der Waals surface area contributed by atoms with E-state index in [0.717, 1.165) is 0 Å². The van der Waals surface area contributed by atoms with Crippen LogP contribution in [0.25, 0.3) is 74.7 Å². The Bertz CT molecular complexity index is 2100. The monoisotopic (exact) mass is 486 g/mol. The van der Waals surface area contributed by atoms with Gasteiger partial charge in [0.1, 0.15) is 0 Å². The van der Waals surface area contributed by atoms with Crippen molar-refractivity contribution in [3.63, 3.8) is 0 Å². The Morgan fingerprint density at radius 2 is 0.892 bits per heavy atom. The van der Waals surface area contributed by atoms with Crippen LogP contribution < -0.4 is 0 Å². The predicted octanol–water partition coefficient (Wildman–Crippen LogP) is 10.8. The molecule has 0 aliphatic heterocycles. The lowest BCUT2D eigenvalue weighted by Crippen LogP contribution is -1.85. The third kappa shape index (κ3) is 3.15. The summed E-state index contributed by atoms with van der Waals surface area (Å²) in [6.45, 7) is 0. The molecule has 0 fully saturated rings. The SMILES string of the molecule is c1ccc(-c2ccc3c(c2)sc2c(-c4ccc5c6ccccc6c6ccccc6c5c4)cccc23)cc1. The van der Waals surface area contributed by atoms with Crippen molar-refractivity contribution in [3.05, 3.63) is 133 Å². The van der Waals surface area contributed by atoms with E-state index >= 15 is 0 Å². The van der Waals surface area contributed by atoms with Gasteiger partial charge in [-0.25, -0.2) is 0 Å². The van der Waals surface area contributed by atoms with Crippen molar-refractivity contribution in [2.75, 3.05) is 0 Å². The van der Waals surface area contributed by atoms with Crippen molar-refractivity contribution in [2.24, 2.45) is 0 Å². The van der Waals surface area contributed by atoms with E-state index in [1.807, 2.05) is 11.3 Å². The molecule has 8 rings (SSSR count). The highest BCUT2D eigenvalue weighted by Gasteiger charge is 2.14. The van der Waals surface area contributed by atoms with Gasteiger partial charge in [-0.05, 0) is 66.7 Å². The van der Waals surface area contributed by atoms with Crippen LogP contribution in [0.4, 0.5) is 0 Å². The minimum absolute atomic E-state index is 1.26. The van der Waals surface area contributed by atoms with Gasteiger partial charge in [0, 0.05) is 20.2 Å². The average molecular weight is 487 g/mol. The molecule has 0 bridgehead atoms. The molecule has 1 heteroatoms. The Morgan fingerprint density at radius 3 is 1.62 bits per heavy atom. The Labute approximate surface area is 219 Å². The lowest BCUT2D eigenvalue weighted by atomic mass is 9.92. The van der Waals surface area contributed by atoms with Crippen LogP contribution >= 0.6 is 11.3 Å². The zero-order valence-electron chi connectivity index (χ0n) is 20.1. The van der Waals surface area contributed by atoms with Crippen LogP contribution in [0.2, 0.25) is 0 Å². The molecule has 0 amide bonds. The third-order valence-electron chi connectivity index (χ3n) is 7.66. The summed E-state index contributed by atoms with van der Waals surface area (Å²) in [5, 5.41) is 10.6. The highest BCUT2D eigenvalue weighted by molar-refractivity contribution is 7.26. The molecule has 1 aromatic heterocycles. The highest BCUT2D eigenvalue weighted by Crippen LogP contribution is 2.43. The van der Waals surface area contributed by atoms with Crippen LogP contribution in [0.3, 0.4) is 0 Å². The molecule has 0 aliphatic carbocycles. The molecule has 0 spiro atoms. The molecule has 0 unspecified atom stereocenters. The average Bonchev–Trinajstić information content (AvgIpc) is 3.36. The maximum Gasteiger partial charge on any atom is 0.0433 e. The van der Waals surface area contributed by atoms with E-state index in [4.69, 9.17) is 0 Å². The van der Waals surface area contributed by atoms with Gasteiger partial charge in [0.15, 0.2) is 0 Å². The predicted molar refractivity (Wildman–Crippen MR) is 163 cm³/mol. The van der Waals surface area contributed by atoms with Gasteiger partial charge in [-0.3, -0.25) is 0 Å². The molecular formula is C36H22S. The third-order valence-corrected chi connectivity index (χ3v) is 8.86. The van der Waals surface area contributed by atoms with Gasteiger partial charge in [-0.1, -0.05) is 121 Å². The van der Waals surface area contributed by atoms with E-state index in [1.54, 1.807) is 0 Å². The van der Waals surface area contributed by atoms with Crippen molar-refractivity contribution in [3.8, 4) is 22.3 Å². The number of hydrogen-bond acceptors (Lipinski definition) is 1. The van der Waals surface area contributed by atoms with Crippen LogP contribution in [-0.2, 0) is 0 Å². The first-order chi connectivity index (χ1) is 18.3. The zero-order valence-corrected chi connectivity index (χ0v) is 20.9. The molecule has 0 nitrogen and oxygen atoms in total. The molecule has 7 aromatic carbocycles. The summed E-state index contributed by atoms with van der Waals surface area (Å²) >= 11 is 1.90. The van der Waals surface area contributed by atoms with E-state index in [9.17, 15) is 0 Å². The summed E-state index contributed by atoms with van der Waals surface area (Å²) < 4.78 is 2.69. The fourth-order valence-corrected chi connectivity index (χ4v) is 7.19. The molecular weight excluding hydrogens is 464 g/mol. The fourth-order valence-electron chi connectivity index (χ4n) is 5.91. The summed E-state index contributed by atoms with van der Waals surface area (Å²) in [4.78, 5) is 0. The van der Waals surface area contributed by atoms with Gasteiger partial charge in [-0.15, -0.1) is 11.3 Å². The second kappa shape index (κ2) is 8.03. The fraction of sp³-hybridized carbons (Fsp3) is 0. The molecule has 0 atom stereocenters. The molecule has 0 saturated heterocycles. The van der Waals surface area contributed by atoms with Crippen molar-refractivity contribution in [1.29, 1.82) is 0 Å². The number of rotatable bonds is 2. The van der Waals surface area contributed by atoms with Crippen LogP contribution in [0.5, 0.6) is 0 Å². The van der Waals surface area contributed by atoms with Gasteiger partial charge in [-0.2, -0.15) is 0 Å². The van der Waals surface area contributed by atoms with Crippen molar-refractivity contribution in [2.45, 2.75) is 0 Å². The number of benzene rings is 7. The summed E-state index contributed by atoms with van der Waals surface area (Å²) in [5.74, 6) is 0. The Kier molecular flexibility index (Phi) is 4.49. The number of thiophene rings is 1. The maximum atomic E-state index is 2.40. The topological polar surface area (TPSA) is 0 Å². The number of fused-ring (bicyclic) bond motifs is 9. The second-order valence-electron chi connectivity index (χ2n) is 9.71. The minimum Gasteiger partial charge on any atom is -0.135 e. The smallest absolute Gasteiger partial charge is 0.0433 e. The van der Waals surface area contributed by atoms with Crippen LogP contribution in [0.15, 0.2) is 133 Å². The van der Waals surface area contributed by atoms with Gasteiger partial charge >= 0.3 is 0 Å². The summed E-state index contributed by atoms with van der Waals surface area (Å²) in [5.41, 5.74) is 5.11. The van der Waals surface area contributed by atoms with Crippen LogP contribution in [0.1, 0.15) is 0 Å². The van der Waals surface area contributed by atoms with Gasteiger partial charge in [0.25, 0.3) is 0 Å². The second-order valence-corrected chi connectivity index (χ2v) is 10.8. The molecule has 0 N–H and O–H groups in total. The van der Waals surface area contributed by atoms with Crippen molar-refractivity contribution >= 4 is 63.8 Å². The molecule has 8 aromatic rings. The zero-order chi connectivity index (χ0) is 24.3. The number of hydrogen-bond donors (Lipinski definition) is 0. The lowest BCUT2D eigenvalue weighted by molar-refractivity contribution is 1.66. The van der Waals surface area contributed by atoms with Crippen LogP contribution in [-0.4, -0.2) is 0 Å². The van der Waals surface area contributed by atoms with Crippen molar-refractivity contribution < 1.29 is 0 Å². The quantitative estimate of drug-likeness (QED) is 0.213. The van der Waals surface area contributed by atoms with E-state index in [-0.39, 0.29) is 0 Å². The summed E-state index contributed by atoms with van der Waals surface area (Å²) in [6.07, 6.45) is 0. The summed E-state index contributed by atoms with van der Waals surface area (Å²) in [6, 6.07) is 48.9. The highest BCUT2D eigenvalue weighted by atomic mass is 32.1. The Hall–Kier alpha value is -4.46. The molecule has 0 radical (unpaired) electrons. The molecule has 0 aliphatic rings.